The van der Waals surface area contributed by atoms with Gasteiger partial charge in [0.1, 0.15) is 0 Å². The number of hydrogen-bond donors (Lipinski definition) is 1. The number of carbonyl (C=O) groups is 3. The number of hydrogen-bond acceptors (Lipinski definition) is 7. The Kier molecular flexibility index (Phi) is 5.60. The summed E-state index contributed by atoms with van der Waals surface area (Å²) < 4.78 is 49.2. The number of primary amides is 1. The summed E-state index contributed by atoms with van der Waals surface area (Å²) in [6.07, 6.45) is 0. The lowest BCUT2D eigenvalue weighted by Crippen LogP contribution is -2.30. The number of benzene rings is 1. The van der Waals surface area contributed by atoms with E-state index in [-0.39, 0.29) is 0 Å². The van der Waals surface area contributed by atoms with Gasteiger partial charge in [-0.3, -0.25) is 14.4 Å². The fourth-order valence-corrected chi connectivity index (χ4v) is 4.27. The topological polar surface area (TPSA) is 152 Å². The minimum Gasteiger partial charge on any atom is -0.366 e. The molecular formula is C13H17N3O7S2. The van der Waals surface area contributed by atoms with Gasteiger partial charge in [-0.2, -0.15) is 0 Å². The molecule has 0 unspecified atom stereocenters. The highest BCUT2D eigenvalue weighted by atomic mass is 32.2. The molecule has 0 heterocycles. The zero-order chi connectivity index (χ0) is 19.7. The van der Waals surface area contributed by atoms with Crippen LogP contribution in [0.25, 0.3) is 0 Å². The van der Waals surface area contributed by atoms with Crippen LogP contribution in [-0.4, -0.2) is 71.2 Å². The summed E-state index contributed by atoms with van der Waals surface area (Å²) in [5.74, 6) is -1.12. The van der Waals surface area contributed by atoms with E-state index in [9.17, 15) is 31.2 Å². The van der Waals surface area contributed by atoms with Crippen LogP contribution in [0.1, 0.15) is 10.4 Å². The van der Waals surface area contributed by atoms with Crippen LogP contribution in [0, 0.1) is 0 Å². The Bertz CT molecular complexity index is 880. The second kappa shape index (κ2) is 6.80. The molecule has 0 fully saturated rings. The van der Waals surface area contributed by atoms with Crippen molar-refractivity contribution in [3.8, 4) is 0 Å². The SMILES string of the molecule is CN(C)C(=O)S(=O)(=O)c1cc(C(N)=O)cc(S(=O)(=O)C(=O)N(C)C)c1. The molecule has 0 radical (unpaired) electrons. The van der Waals surface area contributed by atoms with E-state index in [1.165, 1.54) is 28.2 Å². The first-order chi connectivity index (χ1) is 11.2. The van der Waals surface area contributed by atoms with Crippen molar-refractivity contribution >= 4 is 36.1 Å². The molecule has 1 aromatic carbocycles. The highest BCUT2D eigenvalue weighted by Gasteiger charge is 2.32. The van der Waals surface area contributed by atoms with Gasteiger partial charge in [0.25, 0.3) is 19.7 Å². The van der Waals surface area contributed by atoms with Gasteiger partial charge in [0.2, 0.25) is 5.91 Å². The molecule has 10 nitrogen and oxygen atoms in total. The molecule has 0 bridgehead atoms. The van der Waals surface area contributed by atoms with Crippen molar-refractivity contribution < 1.29 is 31.2 Å². The molecule has 0 spiro atoms. The smallest absolute Gasteiger partial charge is 0.343 e. The highest BCUT2D eigenvalue weighted by molar-refractivity contribution is 8.06. The van der Waals surface area contributed by atoms with Crippen molar-refractivity contribution in [3.05, 3.63) is 23.8 Å². The molecule has 0 aliphatic heterocycles. The Morgan fingerprint density at radius 2 is 1.08 bits per heavy atom. The molecule has 0 aromatic heterocycles. The van der Waals surface area contributed by atoms with Crippen LogP contribution < -0.4 is 5.73 Å². The summed E-state index contributed by atoms with van der Waals surface area (Å²) >= 11 is 0. The Morgan fingerprint density at radius 1 is 0.760 bits per heavy atom. The predicted molar refractivity (Wildman–Crippen MR) is 87.5 cm³/mol. The lowest BCUT2D eigenvalue weighted by atomic mass is 10.2. The average molecular weight is 391 g/mol. The standard InChI is InChI=1S/C13H17N3O7S2/c1-15(2)12(18)24(20,21)9-5-8(11(14)17)6-10(7-9)25(22,23)13(19)16(3)4/h5-7H,1-4H3,(H2,14,17). The maximum atomic E-state index is 12.3. The average Bonchev–Trinajstić information content (AvgIpc) is 2.52. The lowest BCUT2D eigenvalue weighted by molar-refractivity contribution is 0.0999. The van der Waals surface area contributed by atoms with Gasteiger partial charge < -0.3 is 15.5 Å². The van der Waals surface area contributed by atoms with Gasteiger partial charge in [0, 0.05) is 33.8 Å². The van der Waals surface area contributed by atoms with E-state index < -0.39 is 51.4 Å². The number of amides is 3. The number of nitrogens with two attached hydrogens (primary N) is 1. The van der Waals surface area contributed by atoms with E-state index in [4.69, 9.17) is 5.73 Å². The van der Waals surface area contributed by atoms with Gasteiger partial charge in [-0.05, 0) is 18.2 Å². The van der Waals surface area contributed by atoms with E-state index in [0.29, 0.717) is 6.07 Å². The quantitative estimate of drug-likeness (QED) is 0.742. The van der Waals surface area contributed by atoms with E-state index >= 15 is 0 Å². The largest absolute Gasteiger partial charge is 0.366 e. The van der Waals surface area contributed by atoms with E-state index in [2.05, 4.69) is 0 Å². The van der Waals surface area contributed by atoms with Crippen molar-refractivity contribution in [1.82, 2.24) is 9.80 Å². The molecule has 25 heavy (non-hydrogen) atoms. The molecule has 0 saturated heterocycles. The lowest BCUT2D eigenvalue weighted by Gasteiger charge is -2.14. The number of sulfone groups is 2. The number of rotatable bonds is 3. The fraction of sp³-hybridized carbons (Fsp3) is 0.308. The minimum atomic E-state index is -4.63. The Hall–Kier alpha value is -2.47. The molecule has 3 amide bonds. The van der Waals surface area contributed by atoms with Crippen molar-refractivity contribution in [1.29, 1.82) is 0 Å². The van der Waals surface area contributed by atoms with E-state index in [1.807, 2.05) is 0 Å². The second-order valence-corrected chi connectivity index (χ2v) is 9.04. The van der Waals surface area contributed by atoms with Crippen molar-refractivity contribution in [2.75, 3.05) is 28.2 Å². The van der Waals surface area contributed by atoms with Gasteiger partial charge in [0.15, 0.2) is 0 Å². The van der Waals surface area contributed by atoms with Gasteiger partial charge in [0.05, 0.1) is 9.79 Å². The first-order valence-electron chi connectivity index (χ1n) is 6.60. The summed E-state index contributed by atoms with van der Waals surface area (Å²) in [6.45, 7) is 0. The third kappa shape index (κ3) is 3.96. The second-order valence-electron chi connectivity index (χ2n) is 5.38. The molecule has 0 saturated carbocycles. The third-order valence-electron chi connectivity index (χ3n) is 2.98. The van der Waals surface area contributed by atoms with Gasteiger partial charge >= 0.3 is 10.5 Å². The molecule has 138 valence electrons. The van der Waals surface area contributed by atoms with Crippen molar-refractivity contribution in [2.24, 2.45) is 5.73 Å². The fourth-order valence-electron chi connectivity index (χ4n) is 1.71. The van der Waals surface area contributed by atoms with Crippen LogP contribution >= 0.6 is 0 Å². The molecular weight excluding hydrogens is 374 g/mol. The van der Waals surface area contributed by atoms with E-state index in [1.54, 1.807) is 0 Å². The predicted octanol–water partition coefficient (Wildman–Crippen LogP) is -0.304. The Labute approximate surface area is 145 Å². The van der Waals surface area contributed by atoms with Gasteiger partial charge in [-0.25, -0.2) is 16.8 Å². The summed E-state index contributed by atoms with van der Waals surface area (Å²) in [5, 5.41) is -2.65. The van der Waals surface area contributed by atoms with Gasteiger partial charge in [-0.1, -0.05) is 0 Å². The zero-order valence-electron chi connectivity index (χ0n) is 13.9. The molecule has 0 aliphatic rings. The molecule has 0 atom stereocenters. The first kappa shape index (κ1) is 20.6. The number of nitrogens with zero attached hydrogens (tertiary/aromatic N) is 2. The minimum absolute atomic E-state index is 0.474. The zero-order valence-corrected chi connectivity index (χ0v) is 15.5. The van der Waals surface area contributed by atoms with Crippen LogP contribution in [-0.2, 0) is 19.7 Å². The van der Waals surface area contributed by atoms with Crippen LogP contribution in [0.4, 0.5) is 9.59 Å². The molecule has 12 heteroatoms. The first-order valence-corrected chi connectivity index (χ1v) is 9.57. The van der Waals surface area contributed by atoms with Crippen LogP contribution in [0.2, 0.25) is 0 Å². The Balaban J connectivity index is 3.77. The monoisotopic (exact) mass is 391 g/mol. The maximum Gasteiger partial charge on any atom is 0.343 e. The van der Waals surface area contributed by atoms with Crippen LogP contribution in [0.5, 0.6) is 0 Å². The molecule has 0 aliphatic carbocycles. The summed E-state index contributed by atoms with van der Waals surface area (Å²) in [4.78, 5) is 35.1. The normalized spacial score (nSPS) is 11.7. The van der Waals surface area contributed by atoms with E-state index in [0.717, 1.165) is 21.9 Å². The third-order valence-corrected chi connectivity index (χ3v) is 6.34. The molecule has 1 rings (SSSR count). The molecule has 1 aromatic rings. The van der Waals surface area contributed by atoms with Crippen LogP contribution in [0.15, 0.2) is 28.0 Å². The summed E-state index contributed by atoms with van der Waals surface area (Å²) in [5.41, 5.74) is 4.62. The number of carbonyl (C=O) groups excluding carboxylic acids is 3. The summed E-state index contributed by atoms with van der Waals surface area (Å²) in [7, 11) is -4.52. The van der Waals surface area contributed by atoms with Crippen LogP contribution in [0.3, 0.4) is 0 Å². The maximum absolute atomic E-state index is 12.3. The van der Waals surface area contributed by atoms with Gasteiger partial charge in [-0.15, -0.1) is 0 Å². The van der Waals surface area contributed by atoms with Crippen molar-refractivity contribution in [2.45, 2.75) is 9.79 Å². The summed E-state index contributed by atoms with van der Waals surface area (Å²) in [6, 6.07) is 2.19. The Morgan fingerprint density at radius 3 is 1.32 bits per heavy atom. The molecule has 2 N–H and O–H groups in total. The highest BCUT2D eigenvalue weighted by Crippen LogP contribution is 2.23. The van der Waals surface area contributed by atoms with Crippen molar-refractivity contribution in [3.63, 3.8) is 0 Å².